The second-order valence-electron chi connectivity index (χ2n) is 16.6. The van der Waals surface area contributed by atoms with Crippen LogP contribution in [0.4, 0.5) is 0 Å². The highest BCUT2D eigenvalue weighted by Crippen LogP contribution is 2.31. The fourth-order valence-corrected chi connectivity index (χ4v) is 6.58. The van der Waals surface area contributed by atoms with Crippen molar-refractivity contribution < 1.29 is 52.5 Å². The minimum atomic E-state index is -1.47. The van der Waals surface area contributed by atoms with Crippen molar-refractivity contribution in [3.8, 4) is 16.9 Å². The molecule has 0 saturated carbocycles. The molecule has 0 unspecified atom stereocenters. The molecule has 0 radical (unpaired) electrons. The predicted molar refractivity (Wildman–Crippen MR) is 243 cm³/mol. The highest BCUT2D eigenvalue weighted by molar-refractivity contribution is 5.94. The van der Waals surface area contributed by atoms with Gasteiger partial charge in [0.1, 0.15) is 62.0 Å². The van der Waals surface area contributed by atoms with Crippen LogP contribution in [-0.4, -0.2) is 68.5 Å². The van der Waals surface area contributed by atoms with Crippen molar-refractivity contribution in [1.82, 2.24) is 0 Å². The minimum absolute atomic E-state index is 0.105. The Bertz CT molecular complexity index is 1980. The Balaban J connectivity index is 1.84. The van der Waals surface area contributed by atoms with Crippen LogP contribution in [0.3, 0.4) is 0 Å². The second kappa shape index (κ2) is 27.3. The van der Waals surface area contributed by atoms with Gasteiger partial charge in [-0.3, -0.25) is 19.2 Å². The molecule has 0 aliphatic rings. The molecule has 0 heterocycles. The van der Waals surface area contributed by atoms with Gasteiger partial charge in [0.05, 0.1) is 6.61 Å². The lowest BCUT2D eigenvalue weighted by molar-refractivity contribution is -0.163. The SMILES string of the molecule is C=C(C)C(=O)OCCCc1cc(-c2ccc(CCc3ccc(CCCCCCCC)cc3)cc2)ccc1OCC(COC(=O)CC(C)=O)(COC(=O)CC(C)=O)COC(=O)C(=C)C. The van der Waals surface area contributed by atoms with Crippen LogP contribution < -0.4 is 4.74 Å². The number of carbonyl (C=O) groups excluding carboxylic acids is 6. The zero-order chi connectivity index (χ0) is 46.2. The summed E-state index contributed by atoms with van der Waals surface area (Å²) in [5.41, 5.74) is 5.50. The van der Waals surface area contributed by atoms with Gasteiger partial charge in [-0.1, -0.05) is 107 Å². The van der Waals surface area contributed by atoms with E-state index in [4.69, 9.17) is 23.7 Å². The number of carbonyl (C=O) groups is 6. The van der Waals surface area contributed by atoms with Crippen LogP contribution in [-0.2, 0) is 73.4 Å². The lowest BCUT2D eigenvalue weighted by Crippen LogP contribution is -2.44. The molecule has 0 aromatic heterocycles. The van der Waals surface area contributed by atoms with Gasteiger partial charge in [-0.15, -0.1) is 0 Å². The van der Waals surface area contributed by atoms with Gasteiger partial charge >= 0.3 is 23.9 Å². The molecular formula is C52H66O11. The molecule has 11 heteroatoms. The van der Waals surface area contributed by atoms with Crippen molar-refractivity contribution in [1.29, 1.82) is 0 Å². The summed E-state index contributed by atoms with van der Waals surface area (Å²) in [6.07, 6.45) is 10.6. The van der Waals surface area contributed by atoms with Gasteiger partial charge in [-0.2, -0.15) is 0 Å². The molecule has 0 N–H and O–H groups in total. The Kier molecular flexibility index (Phi) is 22.3. The fraction of sp³-hybridized carbons (Fsp3) is 0.462. The molecule has 0 bridgehead atoms. The first kappa shape index (κ1) is 51.5. The van der Waals surface area contributed by atoms with Gasteiger partial charge in [0.2, 0.25) is 0 Å². The summed E-state index contributed by atoms with van der Waals surface area (Å²) in [7, 11) is 0. The zero-order valence-corrected chi connectivity index (χ0v) is 38.0. The first-order valence-electron chi connectivity index (χ1n) is 22.0. The number of rotatable bonds is 30. The molecule has 0 saturated heterocycles. The smallest absolute Gasteiger partial charge is 0.333 e. The maximum absolute atomic E-state index is 12.6. The number of ether oxygens (including phenoxy) is 5. The maximum Gasteiger partial charge on any atom is 0.333 e. The molecule has 11 nitrogen and oxygen atoms in total. The molecule has 0 aliphatic carbocycles. The molecule has 0 amide bonds. The van der Waals surface area contributed by atoms with Crippen molar-refractivity contribution in [2.24, 2.45) is 5.41 Å². The van der Waals surface area contributed by atoms with Crippen LogP contribution in [0.25, 0.3) is 11.1 Å². The minimum Gasteiger partial charge on any atom is -0.492 e. The van der Waals surface area contributed by atoms with E-state index in [1.165, 1.54) is 76.0 Å². The van der Waals surface area contributed by atoms with E-state index in [9.17, 15) is 28.8 Å². The summed E-state index contributed by atoms with van der Waals surface area (Å²) in [6, 6.07) is 23.1. The van der Waals surface area contributed by atoms with Gasteiger partial charge in [0.15, 0.2) is 0 Å². The monoisotopic (exact) mass is 866 g/mol. The molecule has 63 heavy (non-hydrogen) atoms. The Morgan fingerprint density at radius 3 is 1.52 bits per heavy atom. The van der Waals surface area contributed by atoms with Crippen LogP contribution in [0.15, 0.2) is 91.0 Å². The summed E-state index contributed by atoms with van der Waals surface area (Å²) in [4.78, 5) is 73.1. The average Bonchev–Trinajstić information content (AvgIpc) is 3.25. The van der Waals surface area contributed by atoms with Gasteiger partial charge in [0, 0.05) is 11.1 Å². The average molecular weight is 867 g/mol. The number of unbranched alkanes of at least 4 members (excludes halogenated alkanes) is 5. The first-order valence-corrected chi connectivity index (χ1v) is 22.0. The first-order chi connectivity index (χ1) is 30.1. The van der Waals surface area contributed by atoms with Crippen molar-refractivity contribution >= 4 is 35.4 Å². The lowest BCUT2D eigenvalue weighted by Gasteiger charge is -2.32. The van der Waals surface area contributed by atoms with Crippen LogP contribution in [0.2, 0.25) is 0 Å². The third-order valence-corrected chi connectivity index (χ3v) is 10.3. The number of hydrogen-bond acceptors (Lipinski definition) is 11. The van der Waals surface area contributed by atoms with Crippen LogP contribution in [0, 0.1) is 5.41 Å². The number of benzene rings is 3. The lowest BCUT2D eigenvalue weighted by atomic mass is 9.91. The highest BCUT2D eigenvalue weighted by Gasteiger charge is 2.38. The third kappa shape index (κ3) is 19.8. The predicted octanol–water partition coefficient (Wildman–Crippen LogP) is 9.62. The van der Waals surface area contributed by atoms with Crippen molar-refractivity contribution in [2.45, 2.75) is 118 Å². The molecular weight excluding hydrogens is 801 g/mol. The Hall–Kier alpha value is -5.84. The third-order valence-electron chi connectivity index (χ3n) is 10.3. The molecule has 0 atom stereocenters. The number of hydrogen-bond donors (Lipinski definition) is 0. The molecule has 0 fully saturated rings. The topological polar surface area (TPSA) is 149 Å². The van der Waals surface area contributed by atoms with Crippen LogP contribution in [0.5, 0.6) is 5.75 Å². The number of ketones is 2. The van der Waals surface area contributed by atoms with E-state index < -0.39 is 73.5 Å². The second-order valence-corrected chi connectivity index (χ2v) is 16.6. The van der Waals surface area contributed by atoms with E-state index in [2.05, 4.69) is 68.6 Å². The maximum atomic E-state index is 12.6. The summed E-state index contributed by atoms with van der Waals surface area (Å²) in [5, 5.41) is 0. The number of esters is 4. The summed E-state index contributed by atoms with van der Waals surface area (Å²) in [5.74, 6) is -3.30. The van der Waals surface area contributed by atoms with Crippen LogP contribution in [0.1, 0.15) is 115 Å². The van der Waals surface area contributed by atoms with E-state index in [1.807, 2.05) is 12.1 Å². The molecule has 0 aliphatic heterocycles. The van der Waals surface area contributed by atoms with Gasteiger partial charge in [-0.05, 0) is 112 Å². The Morgan fingerprint density at radius 1 is 0.508 bits per heavy atom. The molecule has 0 spiro atoms. The van der Waals surface area contributed by atoms with Crippen LogP contribution >= 0.6 is 0 Å². The molecule has 340 valence electrons. The highest BCUT2D eigenvalue weighted by atomic mass is 16.6. The van der Waals surface area contributed by atoms with E-state index in [1.54, 1.807) is 13.0 Å². The molecule has 3 rings (SSSR count). The molecule has 3 aromatic rings. The number of Topliss-reactive ketones (excluding diaryl/α,β-unsaturated/α-hetero) is 2. The van der Waals surface area contributed by atoms with Crippen molar-refractivity contribution in [2.75, 3.05) is 33.0 Å². The van der Waals surface area contributed by atoms with E-state index >= 15 is 0 Å². The number of aryl methyl sites for hydroxylation is 4. The standard InChI is InChI=1S/C52H66O11/c1-8-9-10-11-12-13-15-41-17-19-42(20-18-41)21-22-43-23-25-44(26-24-43)45-27-28-47(46(32-45)16-14-29-59-50(57)37(2)3)60-33-52(36-63-51(58)38(4)5,34-61-48(55)30-39(6)53)35-62-49(56)31-40(7)54/h17-20,23-28,32H,2,4,8-16,21-22,29-31,33-36H2,1,3,5-7H3. The normalized spacial score (nSPS) is 11.0. The zero-order valence-electron chi connectivity index (χ0n) is 38.0. The quantitative estimate of drug-likeness (QED) is 0.0207. The van der Waals surface area contributed by atoms with Gasteiger partial charge in [0.25, 0.3) is 0 Å². The summed E-state index contributed by atoms with van der Waals surface area (Å²) >= 11 is 0. The largest absolute Gasteiger partial charge is 0.492 e. The summed E-state index contributed by atoms with van der Waals surface area (Å²) < 4.78 is 28.2. The van der Waals surface area contributed by atoms with Gasteiger partial charge in [-0.25, -0.2) is 9.59 Å². The van der Waals surface area contributed by atoms with E-state index in [0.717, 1.165) is 36.0 Å². The van der Waals surface area contributed by atoms with Crippen molar-refractivity contribution in [3.63, 3.8) is 0 Å². The van der Waals surface area contributed by atoms with E-state index in [-0.39, 0.29) is 24.4 Å². The Labute approximate surface area is 373 Å². The van der Waals surface area contributed by atoms with Crippen molar-refractivity contribution in [3.05, 3.63) is 113 Å². The van der Waals surface area contributed by atoms with E-state index in [0.29, 0.717) is 18.6 Å². The van der Waals surface area contributed by atoms with Gasteiger partial charge < -0.3 is 23.7 Å². The molecule has 3 aromatic carbocycles. The summed E-state index contributed by atoms with van der Waals surface area (Å²) in [6.45, 7) is 13.5. The Morgan fingerprint density at radius 2 is 0.984 bits per heavy atom. The fourth-order valence-electron chi connectivity index (χ4n) is 6.58.